The number of halogens is 1. The van der Waals surface area contributed by atoms with E-state index >= 15 is 0 Å². The zero-order valence-electron chi connectivity index (χ0n) is 13.2. The van der Waals surface area contributed by atoms with E-state index in [9.17, 15) is 18.8 Å². The van der Waals surface area contributed by atoms with Crippen LogP contribution >= 0.6 is 11.3 Å². The van der Waals surface area contributed by atoms with Gasteiger partial charge >= 0.3 is 12.0 Å². The van der Waals surface area contributed by atoms with Gasteiger partial charge in [0.1, 0.15) is 5.82 Å². The van der Waals surface area contributed by atoms with E-state index < -0.39 is 30.3 Å². The van der Waals surface area contributed by atoms with Crippen molar-refractivity contribution < 1.29 is 23.5 Å². The first kappa shape index (κ1) is 17.5. The molecular weight excluding hydrogens is 361 g/mol. The number of nitrogens with one attached hydrogen (secondary N) is 2. The summed E-state index contributed by atoms with van der Waals surface area (Å²) in [5.41, 5.74) is 2.61. The third kappa shape index (κ3) is 4.19. The summed E-state index contributed by atoms with van der Waals surface area (Å²) in [5, 5.41) is 4.13. The van der Waals surface area contributed by atoms with Gasteiger partial charge in [0.25, 0.3) is 5.91 Å². The number of anilines is 1. The zero-order chi connectivity index (χ0) is 18.5. The summed E-state index contributed by atoms with van der Waals surface area (Å²) in [4.78, 5) is 39.4. The average Bonchev–Trinajstić information content (AvgIpc) is 3.09. The number of para-hydroxylation sites is 1. The van der Waals surface area contributed by atoms with Crippen molar-refractivity contribution in [2.45, 2.75) is 0 Å². The lowest BCUT2D eigenvalue weighted by atomic mass is 10.2. The molecule has 2 N–H and O–H groups in total. The summed E-state index contributed by atoms with van der Waals surface area (Å²) >= 11 is 1.37. The topological polar surface area (TPSA) is 97.4 Å². The second kappa shape index (κ2) is 7.70. The molecule has 3 aromatic rings. The van der Waals surface area contributed by atoms with Crippen molar-refractivity contribution in [1.82, 2.24) is 10.3 Å². The minimum Gasteiger partial charge on any atom is -0.452 e. The number of ether oxygens (including phenoxy) is 1. The molecule has 9 heteroatoms. The van der Waals surface area contributed by atoms with Crippen molar-refractivity contribution in [2.24, 2.45) is 0 Å². The molecule has 3 amide bonds. The Morgan fingerprint density at radius 2 is 1.96 bits per heavy atom. The molecular formula is C17H12FN3O4S. The summed E-state index contributed by atoms with van der Waals surface area (Å²) in [7, 11) is 0. The minimum atomic E-state index is -0.928. The van der Waals surface area contributed by atoms with Gasteiger partial charge < -0.3 is 10.1 Å². The number of urea groups is 1. The third-order valence-electron chi connectivity index (χ3n) is 3.28. The van der Waals surface area contributed by atoms with Crippen LogP contribution in [0.5, 0.6) is 0 Å². The van der Waals surface area contributed by atoms with E-state index in [1.54, 1.807) is 17.6 Å². The van der Waals surface area contributed by atoms with Crippen molar-refractivity contribution in [3.63, 3.8) is 0 Å². The van der Waals surface area contributed by atoms with Gasteiger partial charge in [0.05, 0.1) is 27.0 Å². The summed E-state index contributed by atoms with van der Waals surface area (Å²) in [6, 6.07) is 9.39. The van der Waals surface area contributed by atoms with Crippen molar-refractivity contribution in [1.29, 1.82) is 0 Å². The number of esters is 1. The van der Waals surface area contributed by atoms with E-state index in [0.29, 0.717) is 0 Å². The molecule has 0 aliphatic carbocycles. The Bertz CT molecular complexity index is 989. The molecule has 2 aromatic carbocycles. The average molecular weight is 373 g/mol. The molecule has 1 aromatic heterocycles. The Labute approximate surface area is 150 Å². The molecule has 0 saturated carbocycles. The first-order valence-electron chi connectivity index (χ1n) is 7.38. The second-order valence-electron chi connectivity index (χ2n) is 5.09. The molecule has 0 radical (unpaired) electrons. The molecule has 1 heterocycles. The van der Waals surface area contributed by atoms with Crippen LogP contribution in [0.15, 0.2) is 48.0 Å². The van der Waals surface area contributed by atoms with E-state index in [2.05, 4.69) is 10.3 Å². The van der Waals surface area contributed by atoms with Crippen LogP contribution in [-0.2, 0) is 9.53 Å². The van der Waals surface area contributed by atoms with Crippen molar-refractivity contribution >= 4 is 45.1 Å². The predicted molar refractivity (Wildman–Crippen MR) is 93.5 cm³/mol. The number of amides is 3. The van der Waals surface area contributed by atoms with Crippen molar-refractivity contribution in [3.05, 3.63) is 59.4 Å². The Kier molecular flexibility index (Phi) is 5.18. The van der Waals surface area contributed by atoms with Gasteiger partial charge in [-0.3, -0.25) is 10.1 Å². The van der Waals surface area contributed by atoms with Gasteiger partial charge in [-0.05, 0) is 30.3 Å². The van der Waals surface area contributed by atoms with Gasteiger partial charge in [0.15, 0.2) is 6.61 Å². The number of thiazole rings is 1. The summed E-state index contributed by atoms with van der Waals surface area (Å²) < 4.78 is 19.1. The maximum absolute atomic E-state index is 13.4. The number of carbonyl (C=O) groups is 3. The summed E-state index contributed by atoms with van der Waals surface area (Å²) in [5.74, 6) is -2.18. The van der Waals surface area contributed by atoms with Crippen LogP contribution in [0.4, 0.5) is 14.9 Å². The number of nitrogens with zero attached hydrogens (tertiary/aromatic N) is 1. The Hall–Kier alpha value is -3.33. The molecule has 132 valence electrons. The SMILES string of the molecule is O=C(COC(=O)c1ccc2ncsc2c1)NC(=O)Nc1ccccc1F. The first-order valence-corrected chi connectivity index (χ1v) is 8.26. The number of fused-ring (bicyclic) bond motifs is 1. The van der Waals surface area contributed by atoms with Crippen molar-refractivity contribution in [3.8, 4) is 0 Å². The predicted octanol–water partition coefficient (Wildman–Crippen LogP) is 2.94. The molecule has 0 spiro atoms. The highest BCUT2D eigenvalue weighted by atomic mass is 32.1. The maximum atomic E-state index is 13.4. The van der Waals surface area contributed by atoms with Gasteiger partial charge in [0.2, 0.25) is 0 Å². The molecule has 0 bridgehead atoms. The van der Waals surface area contributed by atoms with Crippen LogP contribution in [0.3, 0.4) is 0 Å². The zero-order valence-corrected chi connectivity index (χ0v) is 14.0. The molecule has 7 nitrogen and oxygen atoms in total. The van der Waals surface area contributed by atoms with Crippen LogP contribution in [-0.4, -0.2) is 29.5 Å². The highest BCUT2D eigenvalue weighted by Crippen LogP contribution is 2.19. The van der Waals surface area contributed by atoms with Crippen LogP contribution in [0.1, 0.15) is 10.4 Å². The fourth-order valence-electron chi connectivity index (χ4n) is 2.08. The fourth-order valence-corrected chi connectivity index (χ4v) is 2.79. The minimum absolute atomic E-state index is 0.0762. The monoisotopic (exact) mass is 373 g/mol. The lowest BCUT2D eigenvalue weighted by Crippen LogP contribution is -2.37. The van der Waals surface area contributed by atoms with Crippen LogP contribution in [0.2, 0.25) is 0 Å². The van der Waals surface area contributed by atoms with Gasteiger partial charge in [-0.1, -0.05) is 12.1 Å². The lowest BCUT2D eigenvalue weighted by molar-refractivity contribution is -0.123. The Morgan fingerprint density at radius 3 is 2.77 bits per heavy atom. The van der Waals surface area contributed by atoms with Gasteiger partial charge in [-0.2, -0.15) is 0 Å². The van der Waals surface area contributed by atoms with Crippen LogP contribution < -0.4 is 10.6 Å². The number of aromatic nitrogens is 1. The number of imide groups is 1. The lowest BCUT2D eigenvalue weighted by Gasteiger charge is -2.08. The normalized spacial score (nSPS) is 10.3. The second-order valence-corrected chi connectivity index (χ2v) is 5.98. The number of hydrogen-bond donors (Lipinski definition) is 2. The molecule has 0 fully saturated rings. The number of carbonyl (C=O) groups excluding carboxylic acids is 3. The standard InChI is InChI=1S/C17H12FN3O4S/c18-11-3-1-2-4-12(11)20-17(24)21-15(22)8-25-16(23)10-5-6-13-14(7-10)26-9-19-13/h1-7,9H,8H2,(H2,20,21,22,24). The first-order chi connectivity index (χ1) is 12.5. The van der Waals surface area contributed by atoms with Crippen molar-refractivity contribution in [2.75, 3.05) is 11.9 Å². The van der Waals surface area contributed by atoms with Crippen LogP contribution in [0.25, 0.3) is 10.2 Å². The molecule has 26 heavy (non-hydrogen) atoms. The molecule has 0 atom stereocenters. The molecule has 0 unspecified atom stereocenters. The van der Waals surface area contributed by atoms with E-state index in [4.69, 9.17) is 4.74 Å². The third-order valence-corrected chi connectivity index (χ3v) is 4.07. The number of hydrogen-bond acceptors (Lipinski definition) is 6. The summed E-state index contributed by atoms with van der Waals surface area (Å²) in [6.45, 7) is -0.649. The van der Waals surface area contributed by atoms with E-state index in [-0.39, 0.29) is 11.3 Å². The van der Waals surface area contributed by atoms with E-state index in [1.165, 1.54) is 41.7 Å². The number of rotatable bonds is 4. The molecule has 0 aliphatic heterocycles. The maximum Gasteiger partial charge on any atom is 0.338 e. The fraction of sp³-hybridized carbons (Fsp3) is 0.0588. The highest BCUT2D eigenvalue weighted by molar-refractivity contribution is 7.16. The largest absolute Gasteiger partial charge is 0.452 e. The highest BCUT2D eigenvalue weighted by Gasteiger charge is 2.14. The molecule has 0 aliphatic rings. The quantitative estimate of drug-likeness (QED) is 0.686. The summed E-state index contributed by atoms with van der Waals surface area (Å²) in [6.07, 6.45) is 0. The smallest absolute Gasteiger partial charge is 0.338 e. The Balaban J connectivity index is 1.51. The van der Waals surface area contributed by atoms with Gasteiger partial charge in [0, 0.05) is 0 Å². The van der Waals surface area contributed by atoms with Crippen LogP contribution in [0, 0.1) is 5.82 Å². The van der Waals surface area contributed by atoms with E-state index in [1.807, 2.05) is 5.32 Å². The van der Waals surface area contributed by atoms with E-state index in [0.717, 1.165) is 10.2 Å². The van der Waals surface area contributed by atoms with Gasteiger partial charge in [-0.25, -0.2) is 19.0 Å². The molecule has 0 saturated heterocycles. The number of benzene rings is 2. The van der Waals surface area contributed by atoms with Gasteiger partial charge in [-0.15, -0.1) is 11.3 Å². The Morgan fingerprint density at radius 1 is 1.15 bits per heavy atom. The molecule has 3 rings (SSSR count).